The minimum Gasteiger partial charge on any atom is -0.452 e. The SMILES string of the molecule is Cc1cc(C)c(C(=O)OCC(=O)N(C)CC(=O)N2CCOCC2)c(C)c1. The van der Waals surface area contributed by atoms with Gasteiger partial charge in [-0.05, 0) is 31.9 Å². The maximum atomic E-state index is 12.3. The van der Waals surface area contributed by atoms with Crippen LogP contribution in [0.4, 0.5) is 0 Å². The van der Waals surface area contributed by atoms with Crippen molar-refractivity contribution in [2.45, 2.75) is 20.8 Å². The molecule has 1 aliphatic heterocycles. The van der Waals surface area contributed by atoms with E-state index in [9.17, 15) is 14.4 Å². The summed E-state index contributed by atoms with van der Waals surface area (Å²) in [4.78, 5) is 39.6. The lowest BCUT2D eigenvalue weighted by atomic mass is 10.00. The summed E-state index contributed by atoms with van der Waals surface area (Å²) in [5, 5.41) is 0. The first kappa shape index (κ1) is 19.9. The summed E-state index contributed by atoms with van der Waals surface area (Å²) in [6, 6.07) is 3.80. The molecule has 0 unspecified atom stereocenters. The highest BCUT2D eigenvalue weighted by Gasteiger charge is 2.22. The number of carbonyl (C=O) groups excluding carboxylic acids is 3. The van der Waals surface area contributed by atoms with Gasteiger partial charge in [-0.25, -0.2) is 4.79 Å². The van der Waals surface area contributed by atoms with Crippen LogP contribution in [-0.2, 0) is 19.1 Å². The van der Waals surface area contributed by atoms with Crippen molar-refractivity contribution in [2.24, 2.45) is 0 Å². The molecule has 0 N–H and O–H groups in total. The minimum atomic E-state index is -0.527. The van der Waals surface area contributed by atoms with E-state index in [4.69, 9.17) is 9.47 Å². The summed E-state index contributed by atoms with van der Waals surface area (Å²) in [5.41, 5.74) is 3.18. The monoisotopic (exact) mass is 362 g/mol. The highest BCUT2D eigenvalue weighted by atomic mass is 16.5. The van der Waals surface area contributed by atoms with Crippen LogP contribution in [0.2, 0.25) is 0 Å². The summed E-state index contributed by atoms with van der Waals surface area (Å²) in [7, 11) is 1.52. The number of nitrogens with zero attached hydrogens (tertiary/aromatic N) is 2. The van der Waals surface area contributed by atoms with E-state index >= 15 is 0 Å². The first-order chi connectivity index (χ1) is 12.3. The van der Waals surface area contributed by atoms with Gasteiger partial charge in [0.2, 0.25) is 5.91 Å². The van der Waals surface area contributed by atoms with Gasteiger partial charge in [0.25, 0.3) is 5.91 Å². The molecule has 0 spiro atoms. The van der Waals surface area contributed by atoms with Crippen LogP contribution in [0.15, 0.2) is 12.1 Å². The van der Waals surface area contributed by atoms with Crippen LogP contribution in [0.1, 0.15) is 27.0 Å². The Hall–Kier alpha value is -2.41. The van der Waals surface area contributed by atoms with E-state index in [2.05, 4.69) is 0 Å². The molecule has 0 aliphatic carbocycles. The summed E-state index contributed by atoms with van der Waals surface area (Å²) in [5.74, 6) is -1.08. The van der Waals surface area contributed by atoms with Gasteiger partial charge in [-0.1, -0.05) is 17.7 Å². The number of morpholine rings is 1. The number of rotatable bonds is 5. The topological polar surface area (TPSA) is 76.2 Å². The number of benzene rings is 1. The number of hydrogen-bond acceptors (Lipinski definition) is 5. The van der Waals surface area contributed by atoms with Gasteiger partial charge in [-0.2, -0.15) is 0 Å². The van der Waals surface area contributed by atoms with Crippen molar-refractivity contribution < 1.29 is 23.9 Å². The summed E-state index contributed by atoms with van der Waals surface area (Å²) in [6.07, 6.45) is 0. The van der Waals surface area contributed by atoms with Gasteiger partial charge >= 0.3 is 5.97 Å². The number of amides is 2. The fraction of sp³-hybridized carbons (Fsp3) is 0.526. The van der Waals surface area contributed by atoms with Gasteiger partial charge in [0.1, 0.15) is 0 Å². The second kappa shape index (κ2) is 8.80. The van der Waals surface area contributed by atoms with E-state index in [1.54, 1.807) is 4.90 Å². The van der Waals surface area contributed by atoms with Crippen molar-refractivity contribution in [2.75, 3.05) is 46.5 Å². The van der Waals surface area contributed by atoms with Gasteiger partial charge in [-0.15, -0.1) is 0 Å². The van der Waals surface area contributed by atoms with Gasteiger partial charge in [0.15, 0.2) is 6.61 Å². The molecule has 0 aromatic heterocycles. The Labute approximate surface area is 153 Å². The fourth-order valence-corrected chi connectivity index (χ4v) is 3.02. The van der Waals surface area contributed by atoms with Crippen LogP contribution in [0.3, 0.4) is 0 Å². The number of likely N-dealkylation sites (N-methyl/N-ethyl adjacent to an activating group) is 1. The van der Waals surface area contributed by atoms with Gasteiger partial charge in [0, 0.05) is 20.1 Å². The number of ether oxygens (including phenoxy) is 2. The van der Waals surface area contributed by atoms with Crippen LogP contribution in [-0.4, -0.2) is 74.1 Å². The molecule has 1 heterocycles. The average Bonchev–Trinajstić information content (AvgIpc) is 2.59. The lowest BCUT2D eigenvalue weighted by molar-refractivity contribution is -0.143. The van der Waals surface area contributed by atoms with Gasteiger partial charge < -0.3 is 19.3 Å². The lowest BCUT2D eigenvalue weighted by Crippen LogP contribution is -2.46. The molecular formula is C19H26N2O5. The molecule has 0 bridgehead atoms. The van der Waals surface area contributed by atoms with E-state index in [1.165, 1.54) is 11.9 Å². The first-order valence-electron chi connectivity index (χ1n) is 8.64. The molecule has 7 heteroatoms. The average molecular weight is 362 g/mol. The number of aryl methyl sites for hydroxylation is 3. The van der Waals surface area contributed by atoms with E-state index in [1.807, 2.05) is 32.9 Å². The van der Waals surface area contributed by atoms with Gasteiger partial charge in [0.05, 0.1) is 25.3 Å². The smallest absolute Gasteiger partial charge is 0.339 e. The first-order valence-corrected chi connectivity index (χ1v) is 8.64. The Morgan fingerprint density at radius 1 is 1.12 bits per heavy atom. The highest BCUT2D eigenvalue weighted by molar-refractivity contribution is 5.94. The fourth-order valence-electron chi connectivity index (χ4n) is 3.02. The zero-order valence-corrected chi connectivity index (χ0v) is 15.8. The Morgan fingerprint density at radius 2 is 1.69 bits per heavy atom. The molecule has 0 radical (unpaired) electrons. The number of carbonyl (C=O) groups is 3. The Morgan fingerprint density at radius 3 is 2.27 bits per heavy atom. The molecule has 0 atom stereocenters. The van der Waals surface area contributed by atoms with E-state index in [0.29, 0.717) is 31.9 Å². The molecular weight excluding hydrogens is 336 g/mol. The maximum Gasteiger partial charge on any atom is 0.339 e. The van der Waals surface area contributed by atoms with Crippen LogP contribution < -0.4 is 0 Å². The van der Waals surface area contributed by atoms with Crippen molar-refractivity contribution in [3.63, 3.8) is 0 Å². The van der Waals surface area contributed by atoms with Crippen molar-refractivity contribution in [3.05, 3.63) is 34.4 Å². The Balaban J connectivity index is 1.87. The third-order valence-corrected chi connectivity index (χ3v) is 4.37. The van der Waals surface area contributed by atoms with Crippen LogP contribution in [0.5, 0.6) is 0 Å². The largest absolute Gasteiger partial charge is 0.452 e. The second-order valence-corrected chi connectivity index (χ2v) is 6.59. The predicted molar refractivity (Wildman–Crippen MR) is 96.0 cm³/mol. The zero-order chi connectivity index (χ0) is 19.3. The molecule has 2 rings (SSSR count). The molecule has 7 nitrogen and oxygen atoms in total. The molecule has 142 valence electrons. The molecule has 1 fully saturated rings. The van der Waals surface area contributed by atoms with Crippen molar-refractivity contribution in [1.82, 2.24) is 9.80 Å². The Kier molecular flexibility index (Phi) is 6.74. The molecule has 26 heavy (non-hydrogen) atoms. The summed E-state index contributed by atoms with van der Waals surface area (Å²) in [6.45, 7) is 7.28. The number of esters is 1. The van der Waals surface area contributed by atoms with Crippen LogP contribution >= 0.6 is 0 Å². The molecule has 2 amide bonds. The molecule has 1 aliphatic rings. The summed E-state index contributed by atoms with van der Waals surface area (Å²) >= 11 is 0. The quantitative estimate of drug-likeness (QED) is 0.733. The minimum absolute atomic E-state index is 0.0427. The summed E-state index contributed by atoms with van der Waals surface area (Å²) < 4.78 is 10.4. The zero-order valence-electron chi connectivity index (χ0n) is 15.8. The Bertz CT molecular complexity index is 672. The lowest BCUT2D eigenvalue weighted by Gasteiger charge is -2.28. The van der Waals surface area contributed by atoms with Crippen molar-refractivity contribution in [1.29, 1.82) is 0 Å². The van der Waals surface area contributed by atoms with E-state index < -0.39 is 18.5 Å². The molecule has 0 saturated carbocycles. The maximum absolute atomic E-state index is 12.3. The molecule has 1 aromatic rings. The number of hydrogen-bond donors (Lipinski definition) is 0. The van der Waals surface area contributed by atoms with E-state index in [-0.39, 0.29) is 12.5 Å². The second-order valence-electron chi connectivity index (χ2n) is 6.59. The normalized spacial score (nSPS) is 14.1. The van der Waals surface area contributed by atoms with Crippen molar-refractivity contribution in [3.8, 4) is 0 Å². The predicted octanol–water partition coefficient (Wildman–Crippen LogP) is 1.09. The van der Waals surface area contributed by atoms with Gasteiger partial charge in [-0.3, -0.25) is 9.59 Å². The van der Waals surface area contributed by atoms with E-state index in [0.717, 1.165) is 16.7 Å². The molecule has 1 saturated heterocycles. The standard InChI is InChI=1S/C19H26N2O5/c1-13-9-14(2)18(15(3)10-13)19(24)26-12-17(23)20(4)11-16(22)21-5-7-25-8-6-21/h9-10H,5-8,11-12H2,1-4H3. The van der Waals surface area contributed by atoms with Crippen LogP contribution in [0, 0.1) is 20.8 Å². The molecule has 1 aromatic carbocycles. The highest BCUT2D eigenvalue weighted by Crippen LogP contribution is 2.17. The third-order valence-electron chi connectivity index (χ3n) is 4.37. The van der Waals surface area contributed by atoms with Crippen molar-refractivity contribution >= 4 is 17.8 Å². The van der Waals surface area contributed by atoms with Crippen LogP contribution in [0.25, 0.3) is 0 Å². The third kappa shape index (κ3) is 5.05.